The third-order valence-corrected chi connectivity index (χ3v) is 8.90. The number of carbonyl (C=O) groups excluding carboxylic acids is 3. The number of hydrogen-bond donors (Lipinski definition) is 1. The summed E-state index contributed by atoms with van der Waals surface area (Å²) in [5.41, 5.74) is 3.66. The number of aromatic nitrogens is 1. The number of benzene rings is 2. The van der Waals surface area contributed by atoms with E-state index in [1.165, 1.54) is 4.90 Å². The van der Waals surface area contributed by atoms with E-state index < -0.39 is 11.9 Å². The predicted molar refractivity (Wildman–Crippen MR) is 151 cm³/mol. The van der Waals surface area contributed by atoms with Crippen molar-refractivity contribution in [1.82, 2.24) is 20.1 Å². The van der Waals surface area contributed by atoms with Gasteiger partial charge >= 0.3 is 0 Å². The van der Waals surface area contributed by atoms with Gasteiger partial charge in [0, 0.05) is 68.4 Å². The molecule has 3 fully saturated rings. The van der Waals surface area contributed by atoms with Crippen molar-refractivity contribution < 1.29 is 28.2 Å². The molecule has 2 atom stereocenters. The monoisotopic (exact) mass is 572 g/mol. The highest BCUT2D eigenvalue weighted by atomic mass is 19.1. The van der Waals surface area contributed by atoms with Gasteiger partial charge in [-0.2, -0.15) is 0 Å². The number of amides is 3. The second-order valence-electron chi connectivity index (χ2n) is 11.8. The zero-order chi connectivity index (χ0) is 28.8. The highest BCUT2D eigenvalue weighted by Gasteiger charge is 2.39. The molecule has 9 nitrogen and oxygen atoms in total. The van der Waals surface area contributed by atoms with Crippen LogP contribution in [0.2, 0.25) is 0 Å². The van der Waals surface area contributed by atoms with E-state index in [1.807, 2.05) is 24.3 Å². The van der Waals surface area contributed by atoms with E-state index in [0.29, 0.717) is 48.8 Å². The molecule has 10 heteroatoms. The molecule has 1 N–H and O–H groups in total. The summed E-state index contributed by atoms with van der Waals surface area (Å²) in [6.45, 7) is 3.92. The maximum absolute atomic E-state index is 15.2. The van der Waals surface area contributed by atoms with Crippen molar-refractivity contribution in [2.24, 2.45) is 0 Å². The lowest BCUT2D eigenvalue weighted by molar-refractivity contribution is -0.136. The Bertz CT molecular complexity index is 1570. The van der Waals surface area contributed by atoms with Gasteiger partial charge in [0.2, 0.25) is 11.8 Å². The second-order valence-corrected chi connectivity index (χ2v) is 11.8. The van der Waals surface area contributed by atoms with Gasteiger partial charge in [0.05, 0.1) is 0 Å². The Balaban J connectivity index is 0.977. The number of carbonyl (C=O) groups is 3. The van der Waals surface area contributed by atoms with Gasteiger partial charge in [-0.1, -0.05) is 6.07 Å². The number of piperidine rings is 1. The quantitative estimate of drug-likeness (QED) is 0.450. The van der Waals surface area contributed by atoms with Gasteiger partial charge in [0.25, 0.3) is 5.91 Å². The summed E-state index contributed by atoms with van der Waals surface area (Å²) in [5.74, 6) is -0.208. The van der Waals surface area contributed by atoms with Gasteiger partial charge in [0.15, 0.2) is 0 Å². The predicted octanol–water partition coefficient (Wildman–Crippen LogP) is 3.68. The molecule has 4 aliphatic rings. The van der Waals surface area contributed by atoms with Crippen LogP contribution in [0.4, 0.5) is 4.39 Å². The summed E-state index contributed by atoms with van der Waals surface area (Å²) in [6, 6.07) is 12.4. The van der Waals surface area contributed by atoms with Crippen molar-refractivity contribution in [2.75, 3.05) is 26.3 Å². The van der Waals surface area contributed by atoms with Gasteiger partial charge in [0.1, 0.15) is 29.2 Å². The third-order valence-electron chi connectivity index (χ3n) is 8.90. The Hall–Kier alpha value is -3.89. The number of pyridine rings is 1. The topological polar surface area (TPSA) is 101 Å². The van der Waals surface area contributed by atoms with E-state index in [2.05, 4.69) is 15.2 Å². The first kappa shape index (κ1) is 27.0. The summed E-state index contributed by atoms with van der Waals surface area (Å²) in [4.78, 5) is 45.3. The van der Waals surface area contributed by atoms with E-state index in [-0.39, 0.29) is 30.2 Å². The van der Waals surface area contributed by atoms with Crippen molar-refractivity contribution in [1.29, 1.82) is 0 Å². The number of hydrogen-bond acceptors (Lipinski definition) is 7. The van der Waals surface area contributed by atoms with Crippen LogP contribution in [-0.4, -0.2) is 71.0 Å². The zero-order valence-electron chi connectivity index (χ0n) is 23.3. The molecule has 0 saturated carbocycles. The summed E-state index contributed by atoms with van der Waals surface area (Å²) < 4.78 is 26.9. The van der Waals surface area contributed by atoms with Crippen molar-refractivity contribution in [3.05, 3.63) is 70.7 Å². The average molecular weight is 573 g/mol. The van der Waals surface area contributed by atoms with Crippen molar-refractivity contribution >= 4 is 28.6 Å². The molecule has 0 bridgehead atoms. The van der Waals surface area contributed by atoms with E-state index in [4.69, 9.17) is 9.47 Å². The van der Waals surface area contributed by atoms with Crippen molar-refractivity contribution in [3.63, 3.8) is 0 Å². The Morgan fingerprint density at radius 3 is 2.71 bits per heavy atom. The number of likely N-dealkylation sites (tertiary alicyclic amines) is 1. The molecule has 7 rings (SSSR count). The molecule has 3 aromatic rings. The van der Waals surface area contributed by atoms with Crippen LogP contribution in [0.5, 0.6) is 5.75 Å². The average Bonchev–Trinajstić information content (AvgIpc) is 3.56. The molecular weight excluding hydrogens is 539 g/mol. The summed E-state index contributed by atoms with van der Waals surface area (Å²) in [5, 5.41) is 3.14. The Kier molecular flexibility index (Phi) is 7.11. The van der Waals surface area contributed by atoms with Crippen molar-refractivity contribution in [2.45, 2.75) is 63.3 Å². The molecule has 0 aliphatic carbocycles. The Labute approximate surface area is 243 Å². The molecule has 1 aromatic heterocycles. The van der Waals surface area contributed by atoms with Crippen LogP contribution >= 0.6 is 0 Å². The maximum Gasteiger partial charge on any atom is 0.255 e. The van der Waals surface area contributed by atoms with Gasteiger partial charge in [-0.05, 0) is 73.2 Å². The van der Waals surface area contributed by atoms with Crippen LogP contribution in [0, 0.1) is 5.82 Å². The minimum absolute atomic E-state index is 0.0274. The number of imide groups is 1. The van der Waals surface area contributed by atoms with E-state index in [1.54, 1.807) is 18.2 Å². The Morgan fingerprint density at radius 1 is 1.02 bits per heavy atom. The third kappa shape index (κ3) is 5.25. The molecule has 42 heavy (non-hydrogen) atoms. The van der Waals surface area contributed by atoms with Crippen LogP contribution in [0.15, 0.2) is 42.5 Å². The molecule has 3 saturated heterocycles. The largest absolute Gasteiger partial charge is 0.489 e. The van der Waals surface area contributed by atoms with Crippen LogP contribution < -0.4 is 10.1 Å². The smallest absolute Gasteiger partial charge is 0.255 e. The van der Waals surface area contributed by atoms with Gasteiger partial charge in [-0.3, -0.25) is 24.6 Å². The standard InChI is InChI=1S/C32H33FN4O5/c33-26-14-19(13-21-1-4-27(34-30(21)26)20-8-11-41-12-9-20)16-36-10-7-24(18-36)42-23-2-3-25-22(15-23)17-37(32(25)40)28-5-6-29(38)35-31(28)39/h1-4,13-15,20,24,28H,5-12,16-18H2,(H,35,38,39)/t24-,28?/m0/s1. The first-order chi connectivity index (χ1) is 20.4. The lowest BCUT2D eigenvalue weighted by Gasteiger charge is -2.29. The number of rotatable bonds is 6. The second kappa shape index (κ2) is 11.1. The molecule has 1 unspecified atom stereocenters. The fraction of sp³-hybridized carbons (Fsp3) is 0.438. The fourth-order valence-corrected chi connectivity index (χ4v) is 6.69. The van der Waals surface area contributed by atoms with Crippen LogP contribution in [0.25, 0.3) is 10.9 Å². The molecule has 3 amide bonds. The highest BCUT2D eigenvalue weighted by molar-refractivity contribution is 6.05. The van der Waals surface area contributed by atoms with E-state index >= 15 is 4.39 Å². The maximum atomic E-state index is 15.2. The van der Waals surface area contributed by atoms with Gasteiger partial charge < -0.3 is 14.4 Å². The Morgan fingerprint density at radius 2 is 1.88 bits per heavy atom. The number of nitrogens with one attached hydrogen (secondary N) is 1. The number of ether oxygens (including phenoxy) is 2. The number of nitrogens with zero attached hydrogens (tertiary/aromatic N) is 3. The lowest BCUT2D eigenvalue weighted by Crippen LogP contribution is -2.52. The summed E-state index contributed by atoms with van der Waals surface area (Å²) >= 11 is 0. The molecule has 0 radical (unpaired) electrons. The van der Waals surface area contributed by atoms with Crippen LogP contribution in [0.1, 0.15) is 65.2 Å². The molecule has 2 aromatic carbocycles. The highest BCUT2D eigenvalue weighted by Crippen LogP contribution is 2.32. The number of halogens is 1. The fourth-order valence-electron chi connectivity index (χ4n) is 6.69. The normalized spacial score (nSPS) is 23.5. The van der Waals surface area contributed by atoms with E-state index in [9.17, 15) is 14.4 Å². The van der Waals surface area contributed by atoms with Crippen LogP contribution in [0.3, 0.4) is 0 Å². The SMILES string of the molecule is O=C1CCC(N2Cc3cc(O[C@H]4CCN(Cc5cc(F)c6nc(C7CCOCC7)ccc6c5)C4)ccc3C2=O)C(=O)N1. The molecule has 0 spiro atoms. The van der Waals surface area contributed by atoms with Crippen LogP contribution in [-0.2, 0) is 27.4 Å². The summed E-state index contributed by atoms with van der Waals surface area (Å²) in [6.07, 6.45) is 3.20. The first-order valence-corrected chi connectivity index (χ1v) is 14.7. The van der Waals surface area contributed by atoms with Gasteiger partial charge in [-0.25, -0.2) is 9.37 Å². The minimum atomic E-state index is -0.639. The number of fused-ring (bicyclic) bond motifs is 2. The van der Waals surface area contributed by atoms with Crippen molar-refractivity contribution in [3.8, 4) is 5.75 Å². The van der Waals surface area contributed by atoms with E-state index in [0.717, 1.165) is 61.2 Å². The minimum Gasteiger partial charge on any atom is -0.489 e. The first-order valence-electron chi connectivity index (χ1n) is 14.7. The molecule has 5 heterocycles. The molecule has 4 aliphatic heterocycles. The molecule has 218 valence electrons. The molecular formula is C32H33FN4O5. The summed E-state index contributed by atoms with van der Waals surface area (Å²) in [7, 11) is 0. The zero-order valence-corrected chi connectivity index (χ0v) is 23.3. The van der Waals surface area contributed by atoms with Gasteiger partial charge in [-0.15, -0.1) is 0 Å². The lowest BCUT2D eigenvalue weighted by atomic mass is 9.95.